The van der Waals surface area contributed by atoms with Gasteiger partial charge in [0, 0.05) is 18.3 Å². The number of amides is 1. The van der Waals surface area contributed by atoms with Crippen molar-refractivity contribution in [1.29, 1.82) is 0 Å². The lowest BCUT2D eigenvalue weighted by Gasteiger charge is -2.09. The number of nitrogens with one attached hydrogen (secondary N) is 1. The van der Waals surface area contributed by atoms with Crippen molar-refractivity contribution >= 4 is 11.6 Å². The van der Waals surface area contributed by atoms with E-state index in [-0.39, 0.29) is 24.0 Å². The number of non-ortho nitro benzene ring substituents is 1. The molecule has 150 valence electrons. The number of aromatic nitrogens is 2. The average molecular weight is 394 g/mol. The Balaban J connectivity index is 1.45. The van der Waals surface area contributed by atoms with Gasteiger partial charge in [-0.2, -0.15) is 5.10 Å². The number of carbonyl (C=O) groups excluding carboxylic acids is 1. The lowest BCUT2D eigenvalue weighted by Crippen LogP contribution is -2.30. The van der Waals surface area contributed by atoms with Gasteiger partial charge in [-0.15, -0.1) is 0 Å². The largest absolute Gasteiger partial charge is 0.484 e. The SMILES string of the molecule is Cc1cc(C)n(-c2ccc(CCNC(=O)COc3cccc([N+](=O)[O-])c3)cc2)n1. The van der Waals surface area contributed by atoms with Crippen LogP contribution in [0.5, 0.6) is 5.75 Å². The van der Waals surface area contributed by atoms with E-state index in [1.54, 1.807) is 6.07 Å². The molecule has 0 aliphatic rings. The molecular weight excluding hydrogens is 372 g/mol. The summed E-state index contributed by atoms with van der Waals surface area (Å²) in [6.07, 6.45) is 0.681. The number of rotatable bonds is 8. The summed E-state index contributed by atoms with van der Waals surface area (Å²) < 4.78 is 7.21. The zero-order chi connectivity index (χ0) is 20.8. The number of aryl methyl sites for hydroxylation is 2. The first kappa shape index (κ1) is 20.1. The van der Waals surface area contributed by atoms with Gasteiger partial charge in [-0.25, -0.2) is 4.68 Å². The minimum atomic E-state index is -0.507. The molecule has 0 unspecified atom stereocenters. The molecule has 0 spiro atoms. The van der Waals surface area contributed by atoms with Gasteiger partial charge in [0.05, 0.1) is 22.4 Å². The quantitative estimate of drug-likeness (QED) is 0.467. The van der Waals surface area contributed by atoms with Gasteiger partial charge in [-0.05, 0) is 50.1 Å². The van der Waals surface area contributed by atoms with Crippen LogP contribution in [0.4, 0.5) is 5.69 Å². The van der Waals surface area contributed by atoms with Crippen molar-refractivity contribution in [2.75, 3.05) is 13.2 Å². The van der Waals surface area contributed by atoms with E-state index in [1.165, 1.54) is 18.2 Å². The maximum absolute atomic E-state index is 11.9. The second kappa shape index (κ2) is 9.01. The number of nitro benzene ring substituents is 1. The summed E-state index contributed by atoms with van der Waals surface area (Å²) >= 11 is 0. The predicted molar refractivity (Wildman–Crippen MR) is 108 cm³/mol. The Kier molecular flexibility index (Phi) is 6.23. The summed E-state index contributed by atoms with van der Waals surface area (Å²) in [7, 11) is 0. The fourth-order valence-corrected chi connectivity index (χ4v) is 2.93. The Hall–Kier alpha value is -3.68. The first-order chi connectivity index (χ1) is 13.9. The smallest absolute Gasteiger partial charge is 0.273 e. The van der Waals surface area contributed by atoms with Gasteiger partial charge in [0.2, 0.25) is 0 Å². The Bertz CT molecular complexity index is 1010. The van der Waals surface area contributed by atoms with Gasteiger partial charge in [0.25, 0.3) is 11.6 Å². The maximum atomic E-state index is 11.9. The zero-order valence-corrected chi connectivity index (χ0v) is 16.3. The lowest BCUT2D eigenvalue weighted by atomic mass is 10.1. The molecule has 2 aromatic carbocycles. The molecule has 0 bridgehead atoms. The summed E-state index contributed by atoms with van der Waals surface area (Å²) in [5.74, 6) is 0.00450. The number of nitro groups is 1. The van der Waals surface area contributed by atoms with Crippen LogP contribution in [-0.2, 0) is 11.2 Å². The van der Waals surface area contributed by atoms with Crippen LogP contribution in [0.2, 0.25) is 0 Å². The van der Waals surface area contributed by atoms with Gasteiger partial charge in [0.15, 0.2) is 6.61 Å². The van der Waals surface area contributed by atoms with E-state index in [2.05, 4.69) is 10.4 Å². The monoisotopic (exact) mass is 394 g/mol. The molecule has 0 fully saturated rings. The minimum Gasteiger partial charge on any atom is -0.484 e. The van der Waals surface area contributed by atoms with Crippen LogP contribution in [-0.4, -0.2) is 33.8 Å². The van der Waals surface area contributed by atoms with Gasteiger partial charge in [0.1, 0.15) is 5.75 Å². The van der Waals surface area contributed by atoms with Crippen LogP contribution in [0.3, 0.4) is 0 Å². The number of hydrogen-bond acceptors (Lipinski definition) is 5. The zero-order valence-electron chi connectivity index (χ0n) is 16.3. The van der Waals surface area contributed by atoms with Gasteiger partial charge in [-0.3, -0.25) is 14.9 Å². The van der Waals surface area contributed by atoms with Crippen molar-refractivity contribution in [2.45, 2.75) is 20.3 Å². The molecule has 0 atom stereocenters. The van der Waals surface area contributed by atoms with Crippen LogP contribution in [0.15, 0.2) is 54.6 Å². The van der Waals surface area contributed by atoms with Crippen molar-refractivity contribution in [2.24, 2.45) is 0 Å². The molecule has 8 heteroatoms. The first-order valence-electron chi connectivity index (χ1n) is 9.19. The summed E-state index contributed by atoms with van der Waals surface area (Å²) in [5, 5.41) is 18.0. The van der Waals surface area contributed by atoms with E-state index in [9.17, 15) is 14.9 Å². The average Bonchev–Trinajstić information content (AvgIpc) is 3.05. The van der Waals surface area contributed by atoms with Crippen LogP contribution in [0.25, 0.3) is 5.69 Å². The molecule has 0 aliphatic carbocycles. The fraction of sp³-hybridized carbons (Fsp3) is 0.238. The van der Waals surface area contributed by atoms with Crippen LogP contribution in [0.1, 0.15) is 17.0 Å². The van der Waals surface area contributed by atoms with E-state index < -0.39 is 4.92 Å². The van der Waals surface area contributed by atoms with E-state index in [4.69, 9.17) is 4.74 Å². The van der Waals surface area contributed by atoms with Crippen LogP contribution >= 0.6 is 0 Å². The number of benzene rings is 2. The first-order valence-corrected chi connectivity index (χ1v) is 9.19. The van der Waals surface area contributed by atoms with Crippen molar-refractivity contribution in [3.05, 3.63) is 81.7 Å². The molecule has 1 heterocycles. The van der Waals surface area contributed by atoms with E-state index in [1.807, 2.05) is 48.9 Å². The van der Waals surface area contributed by atoms with Gasteiger partial charge in [-0.1, -0.05) is 18.2 Å². The molecule has 3 rings (SSSR count). The van der Waals surface area contributed by atoms with Crippen LogP contribution < -0.4 is 10.1 Å². The molecule has 29 heavy (non-hydrogen) atoms. The van der Waals surface area contributed by atoms with Crippen molar-refractivity contribution < 1.29 is 14.5 Å². The van der Waals surface area contributed by atoms with Crippen molar-refractivity contribution in [1.82, 2.24) is 15.1 Å². The highest BCUT2D eigenvalue weighted by Gasteiger charge is 2.08. The molecule has 0 radical (unpaired) electrons. The highest BCUT2D eigenvalue weighted by Crippen LogP contribution is 2.19. The summed E-state index contributed by atoms with van der Waals surface area (Å²) in [6.45, 7) is 4.25. The molecule has 0 saturated carbocycles. The summed E-state index contributed by atoms with van der Waals surface area (Å²) in [4.78, 5) is 22.2. The van der Waals surface area contributed by atoms with Crippen LogP contribution in [0, 0.1) is 24.0 Å². The lowest BCUT2D eigenvalue weighted by molar-refractivity contribution is -0.384. The number of ether oxygens (including phenoxy) is 1. The predicted octanol–water partition coefficient (Wildman–Crippen LogP) is 3.14. The topological polar surface area (TPSA) is 99.3 Å². The second-order valence-electron chi connectivity index (χ2n) is 6.65. The second-order valence-corrected chi connectivity index (χ2v) is 6.65. The van der Waals surface area contributed by atoms with E-state index in [0.29, 0.717) is 13.0 Å². The maximum Gasteiger partial charge on any atom is 0.273 e. The molecular formula is C21H22N4O4. The van der Waals surface area contributed by atoms with E-state index in [0.717, 1.165) is 22.6 Å². The summed E-state index contributed by atoms with van der Waals surface area (Å²) in [5.41, 5.74) is 4.06. The normalized spacial score (nSPS) is 10.6. The fourth-order valence-electron chi connectivity index (χ4n) is 2.93. The Morgan fingerprint density at radius 2 is 1.93 bits per heavy atom. The Morgan fingerprint density at radius 3 is 2.59 bits per heavy atom. The van der Waals surface area contributed by atoms with Crippen molar-refractivity contribution in [3.8, 4) is 11.4 Å². The molecule has 0 aliphatic heterocycles. The molecule has 1 N–H and O–H groups in total. The minimum absolute atomic E-state index is 0.0770. The van der Waals surface area contributed by atoms with Crippen molar-refractivity contribution in [3.63, 3.8) is 0 Å². The standard InChI is InChI=1S/C21H22N4O4/c1-15-12-16(2)24(23-15)18-8-6-17(7-9-18)10-11-22-21(26)14-29-20-5-3-4-19(13-20)25(27)28/h3-9,12-13H,10-11,14H2,1-2H3,(H,22,26). The third-order valence-electron chi connectivity index (χ3n) is 4.32. The van der Waals surface area contributed by atoms with Gasteiger partial charge >= 0.3 is 0 Å². The third-order valence-corrected chi connectivity index (χ3v) is 4.32. The number of hydrogen-bond donors (Lipinski definition) is 1. The Morgan fingerprint density at radius 1 is 1.17 bits per heavy atom. The number of nitrogens with zero attached hydrogens (tertiary/aromatic N) is 3. The van der Waals surface area contributed by atoms with E-state index >= 15 is 0 Å². The summed E-state index contributed by atoms with van der Waals surface area (Å²) in [6, 6.07) is 15.8. The molecule has 8 nitrogen and oxygen atoms in total. The number of carbonyl (C=O) groups is 1. The molecule has 1 aromatic heterocycles. The molecule has 1 amide bonds. The molecule has 3 aromatic rings. The third kappa shape index (κ3) is 5.41. The van der Waals surface area contributed by atoms with Gasteiger partial charge < -0.3 is 10.1 Å². The highest BCUT2D eigenvalue weighted by molar-refractivity contribution is 5.77. The Labute approximate surface area is 168 Å². The highest BCUT2D eigenvalue weighted by atomic mass is 16.6. The molecule has 0 saturated heterocycles.